The van der Waals surface area contributed by atoms with Crippen LogP contribution in [0.2, 0.25) is 5.02 Å². The fourth-order valence-corrected chi connectivity index (χ4v) is 3.42. The Kier molecular flexibility index (Phi) is 4.91. The Balaban J connectivity index is 1.65. The number of nitrogens with zero attached hydrogens (tertiary/aromatic N) is 3. The van der Waals surface area contributed by atoms with Gasteiger partial charge in [0.1, 0.15) is 6.04 Å². The number of morpholine rings is 1. The summed E-state index contributed by atoms with van der Waals surface area (Å²) in [5.74, 6) is 0.708. The second kappa shape index (κ2) is 7.48. The lowest BCUT2D eigenvalue weighted by Gasteiger charge is -2.32. The van der Waals surface area contributed by atoms with Crippen LogP contribution in [0.4, 0.5) is 5.69 Å². The molecule has 1 unspecified atom stereocenters. The summed E-state index contributed by atoms with van der Waals surface area (Å²) < 4.78 is 5.45. The maximum absolute atomic E-state index is 13.2. The molecule has 0 aromatic heterocycles. The molecule has 2 aliphatic rings. The van der Waals surface area contributed by atoms with Gasteiger partial charge in [-0.1, -0.05) is 41.9 Å². The Morgan fingerprint density at radius 3 is 2.42 bits per heavy atom. The number of guanidine groups is 1. The number of rotatable bonds is 3. The molecule has 0 spiro atoms. The van der Waals surface area contributed by atoms with Crippen molar-refractivity contribution in [3.05, 3.63) is 65.2 Å². The number of anilines is 1. The minimum absolute atomic E-state index is 0.00216. The predicted octanol–water partition coefficient (Wildman–Crippen LogP) is 2.99. The standard InChI is InChI=1S/C20H20ClN3O2/c21-16-6-8-17(9-7-16)24-19(25)18(14-15-4-2-1-3-5-15)22-20(24)23-10-12-26-13-11-23/h1-9,18H,10-14H2. The molecule has 0 N–H and O–H groups in total. The summed E-state index contributed by atoms with van der Waals surface area (Å²) in [7, 11) is 0. The zero-order valence-corrected chi connectivity index (χ0v) is 15.1. The Morgan fingerprint density at radius 1 is 1.04 bits per heavy atom. The average molecular weight is 370 g/mol. The molecule has 0 bridgehead atoms. The highest BCUT2D eigenvalue weighted by Gasteiger charge is 2.38. The lowest BCUT2D eigenvalue weighted by Crippen LogP contribution is -2.49. The Labute approximate surface area is 157 Å². The van der Waals surface area contributed by atoms with Gasteiger partial charge in [0.25, 0.3) is 5.91 Å². The van der Waals surface area contributed by atoms with Crippen LogP contribution in [0.1, 0.15) is 5.56 Å². The van der Waals surface area contributed by atoms with Gasteiger partial charge < -0.3 is 9.64 Å². The smallest absolute Gasteiger partial charge is 0.259 e. The van der Waals surface area contributed by atoms with Crippen molar-refractivity contribution >= 4 is 29.2 Å². The zero-order valence-electron chi connectivity index (χ0n) is 14.3. The summed E-state index contributed by atoms with van der Waals surface area (Å²) in [4.78, 5) is 21.8. The van der Waals surface area contributed by atoms with Crippen molar-refractivity contribution in [2.75, 3.05) is 31.2 Å². The molecule has 0 radical (unpaired) electrons. The second-order valence-electron chi connectivity index (χ2n) is 6.38. The molecule has 134 valence electrons. The molecule has 2 aromatic carbocycles. The Hall–Kier alpha value is -2.37. The molecule has 1 amide bonds. The van der Waals surface area contributed by atoms with Gasteiger partial charge in [-0.2, -0.15) is 0 Å². The molecule has 1 atom stereocenters. The van der Waals surface area contributed by atoms with Crippen molar-refractivity contribution in [3.8, 4) is 0 Å². The van der Waals surface area contributed by atoms with E-state index in [1.54, 1.807) is 17.0 Å². The molecule has 5 nitrogen and oxygen atoms in total. The molecule has 0 aliphatic carbocycles. The lowest BCUT2D eigenvalue weighted by atomic mass is 10.1. The molecule has 1 saturated heterocycles. The van der Waals surface area contributed by atoms with Gasteiger partial charge in [0, 0.05) is 24.5 Å². The van der Waals surface area contributed by atoms with E-state index in [9.17, 15) is 4.79 Å². The van der Waals surface area contributed by atoms with Crippen molar-refractivity contribution < 1.29 is 9.53 Å². The quantitative estimate of drug-likeness (QED) is 0.835. The van der Waals surface area contributed by atoms with Gasteiger partial charge in [0.05, 0.1) is 18.9 Å². The normalized spacial score (nSPS) is 20.4. The fraction of sp³-hybridized carbons (Fsp3) is 0.300. The summed E-state index contributed by atoms with van der Waals surface area (Å²) in [6, 6.07) is 16.9. The van der Waals surface area contributed by atoms with Crippen molar-refractivity contribution in [3.63, 3.8) is 0 Å². The number of benzene rings is 2. The first-order chi connectivity index (χ1) is 12.7. The van der Waals surface area contributed by atoms with Crippen LogP contribution < -0.4 is 4.90 Å². The summed E-state index contributed by atoms with van der Waals surface area (Å²) in [5, 5.41) is 0.645. The van der Waals surface area contributed by atoms with E-state index < -0.39 is 6.04 Å². The first-order valence-electron chi connectivity index (χ1n) is 8.76. The molecule has 2 heterocycles. The highest BCUT2D eigenvalue weighted by molar-refractivity contribution is 6.30. The number of amides is 1. The summed E-state index contributed by atoms with van der Waals surface area (Å²) in [6.45, 7) is 2.75. The topological polar surface area (TPSA) is 45.1 Å². The Morgan fingerprint density at radius 2 is 1.73 bits per heavy atom. The van der Waals surface area contributed by atoms with Crippen molar-refractivity contribution in [1.29, 1.82) is 0 Å². The van der Waals surface area contributed by atoms with E-state index in [-0.39, 0.29) is 5.91 Å². The Bertz CT molecular complexity index is 802. The third kappa shape index (κ3) is 3.45. The molecule has 0 saturated carbocycles. The molecule has 6 heteroatoms. The molecule has 4 rings (SSSR count). The van der Waals surface area contributed by atoms with Crippen molar-refractivity contribution in [1.82, 2.24) is 4.90 Å². The number of carbonyl (C=O) groups excluding carboxylic acids is 1. The van der Waals surface area contributed by atoms with Gasteiger partial charge in [0.2, 0.25) is 5.96 Å². The van der Waals surface area contributed by atoms with E-state index in [1.807, 2.05) is 42.5 Å². The summed E-state index contributed by atoms with van der Waals surface area (Å²) in [6.07, 6.45) is 0.595. The van der Waals surface area contributed by atoms with Crippen LogP contribution in [0.25, 0.3) is 0 Å². The van der Waals surface area contributed by atoms with Crippen LogP contribution in [0, 0.1) is 0 Å². The number of ether oxygens (including phenoxy) is 1. The molecular weight excluding hydrogens is 350 g/mol. The SMILES string of the molecule is O=C1C(Cc2ccccc2)N=C(N2CCOCC2)N1c1ccc(Cl)cc1. The van der Waals surface area contributed by atoms with Crippen LogP contribution >= 0.6 is 11.6 Å². The van der Waals surface area contributed by atoms with Gasteiger partial charge in [-0.05, 0) is 29.8 Å². The maximum Gasteiger partial charge on any atom is 0.259 e. The summed E-state index contributed by atoms with van der Waals surface area (Å²) in [5.41, 5.74) is 1.90. The van der Waals surface area contributed by atoms with E-state index in [2.05, 4.69) is 4.90 Å². The van der Waals surface area contributed by atoms with Crippen molar-refractivity contribution in [2.45, 2.75) is 12.5 Å². The van der Waals surface area contributed by atoms with Gasteiger partial charge in [0.15, 0.2) is 0 Å². The van der Waals surface area contributed by atoms with Crippen LogP contribution in [-0.2, 0) is 16.0 Å². The average Bonchev–Trinajstić information content (AvgIpc) is 3.00. The van der Waals surface area contributed by atoms with Gasteiger partial charge in [-0.15, -0.1) is 0 Å². The maximum atomic E-state index is 13.2. The van der Waals surface area contributed by atoms with E-state index in [0.717, 1.165) is 24.3 Å². The molecule has 26 heavy (non-hydrogen) atoms. The minimum Gasteiger partial charge on any atom is -0.378 e. The second-order valence-corrected chi connectivity index (χ2v) is 6.82. The zero-order chi connectivity index (χ0) is 17.9. The fourth-order valence-electron chi connectivity index (χ4n) is 3.29. The van der Waals surface area contributed by atoms with Crippen molar-refractivity contribution in [2.24, 2.45) is 4.99 Å². The van der Waals surface area contributed by atoms with E-state index in [4.69, 9.17) is 21.3 Å². The predicted molar refractivity (Wildman–Crippen MR) is 103 cm³/mol. The highest BCUT2D eigenvalue weighted by atomic mass is 35.5. The number of hydrogen-bond acceptors (Lipinski definition) is 4. The molecular formula is C20H20ClN3O2. The number of hydrogen-bond donors (Lipinski definition) is 0. The number of halogens is 1. The largest absolute Gasteiger partial charge is 0.378 e. The van der Waals surface area contributed by atoms with Crippen LogP contribution in [-0.4, -0.2) is 49.1 Å². The first kappa shape index (κ1) is 17.1. The first-order valence-corrected chi connectivity index (χ1v) is 9.14. The van der Waals surface area contributed by atoms with Crippen LogP contribution in [0.15, 0.2) is 59.6 Å². The van der Waals surface area contributed by atoms with E-state index >= 15 is 0 Å². The number of carbonyl (C=O) groups is 1. The van der Waals surface area contributed by atoms with E-state index in [1.165, 1.54) is 0 Å². The third-order valence-electron chi connectivity index (χ3n) is 4.63. The third-order valence-corrected chi connectivity index (χ3v) is 4.88. The highest BCUT2D eigenvalue weighted by Crippen LogP contribution is 2.26. The number of aliphatic imine (C=N–C) groups is 1. The van der Waals surface area contributed by atoms with Gasteiger partial charge >= 0.3 is 0 Å². The minimum atomic E-state index is -0.411. The molecule has 1 fully saturated rings. The van der Waals surface area contributed by atoms with Gasteiger partial charge in [-0.25, -0.2) is 9.89 Å². The van der Waals surface area contributed by atoms with Crippen LogP contribution in [0.3, 0.4) is 0 Å². The van der Waals surface area contributed by atoms with Gasteiger partial charge in [-0.3, -0.25) is 4.79 Å². The van der Waals surface area contributed by atoms with Crippen LogP contribution in [0.5, 0.6) is 0 Å². The molecule has 2 aromatic rings. The monoisotopic (exact) mass is 369 g/mol. The molecule has 2 aliphatic heterocycles. The lowest BCUT2D eigenvalue weighted by molar-refractivity contribution is -0.118. The van der Waals surface area contributed by atoms with E-state index in [0.29, 0.717) is 30.6 Å². The summed E-state index contributed by atoms with van der Waals surface area (Å²) >= 11 is 6.02.